The summed E-state index contributed by atoms with van der Waals surface area (Å²) in [6.45, 7) is 0. The van der Waals surface area contributed by atoms with E-state index in [4.69, 9.17) is 10.5 Å². The second kappa shape index (κ2) is 5.28. The maximum atomic E-state index is 12.6. The molecular weight excluding hydrogens is 268 g/mol. The number of Topliss-reactive ketones (excluding diaryl/α,β-unsaturated/α-hetero) is 1. The van der Waals surface area contributed by atoms with E-state index in [0.717, 1.165) is 5.56 Å². The molecule has 0 spiro atoms. The molecule has 0 saturated carbocycles. The van der Waals surface area contributed by atoms with E-state index in [1.807, 2.05) is 30.3 Å². The third-order valence-corrected chi connectivity index (χ3v) is 3.42. The van der Waals surface area contributed by atoms with Crippen LogP contribution >= 0.6 is 0 Å². The predicted octanol–water partition coefficient (Wildman–Crippen LogP) is 2.04. The molecule has 0 radical (unpaired) electrons. The Kier molecular flexibility index (Phi) is 3.31. The van der Waals surface area contributed by atoms with E-state index in [-0.39, 0.29) is 5.78 Å². The second-order valence-electron chi connectivity index (χ2n) is 4.80. The van der Waals surface area contributed by atoms with Crippen LogP contribution < -0.4 is 15.8 Å². The van der Waals surface area contributed by atoms with Crippen LogP contribution in [0.25, 0.3) is 0 Å². The second-order valence-corrected chi connectivity index (χ2v) is 4.80. The van der Waals surface area contributed by atoms with Crippen LogP contribution in [0.4, 0.5) is 4.79 Å². The van der Waals surface area contributed by atoms with E-state index in [2.05, 4.69) is 5.32 Å². The summed E-state index contributed by atoms with van der Waals surface area (Å²) in [6.07, 6.45) is -0.596. The quantitative estimate of drug-likeness (QED) is 0.884. The monoisotopic (exact) mass is 282 g/mol. The number of hydrogen-bond acceptors (Lipinski definition) is 3. The number of nitrogens with two attached hydrogens (primary N) is 1. The van der Waals surface area contributed by atoms with Crippen molar-refractivity contribution in [3.63, 3.8) is 0 Å². The topological polar surface area (TPSA) is 81.4 Å². The Bertz CT molecular complexity index is 685. The van der Waals surface area contributed by atoms with Crippen LogP contribution in [0.2, 0.25) is 0 Å². The molecule has 0 saturated heterocycles. The lowest BCUT2D eigenvalue weighted by Gasteiger charge is -2.32. The first kappa shape index (κ1) is 13.2. The zero-order valence-corrected chi connectivity index (χ0v) is 11.2. The first-order valence-electron chi connectivity index (χ1n) is 6.57. The average Bonchev–Trinajstić information content (AvgIpc) is 2.50. The van der Waals surface area contributed by atoms with E-state index in [1.54, 1.807) is 24.3 Å². The molecular formula is C16H14N2O3. The van der Waals surface area contributed by atoms with Gasteiger partial charge in [0, 0.05) is 0 Å². The summed E-state index contributed by atoms with van der Waals surface area (Å²) >= 11 is 0. The lowest BCUT2D eigenvalue weighted by atomic mass is 9.91. The van der Waals surface area contributed by atoms with Gasteiger partial charge in [-0.1, -0.05) is 42.5 Å². The largest absolute Gasteiger partial charge is 0.482 e. The molecule has 106 valence electrons. The van der Waals surface area contributed by atoms with E-state index < -0.39 is 18.2 Å². The molecule has 2 aromatic rings. The third kappa shape index (κ3) is 2.45. The Hall–Kier alpha value is -2.82. The summed E-state index contributed by atoms with van der Waals surface area (Å²) in [5.74, 6) is 0.309. The van der Waals surface area contributed by atoms with Crippen molar-refractivity contribution in [1.29, 1.82) is 0 Å². The van der Waals surface area contributed by atoms with Crippen molar-refractivity contribution in [2.75, 3.05) is 0 Å². The Morgan fingerprint density at radius 2 is 1.71 bits per heavy atom. The van der Waals surface area contributed by atoms with Gasteiger partial charge < -0.3 is 15.8 Å². The fraction of sp³-hybridized carbons (Fsp3) is 0.125. The Balaban J connectivity index is 2.05. The number of amides is 2. The maximum absolute atomic E-state index is 12.6. The zero-order chi connectivity index (χ0) is 14.8. The van der Waals surface area contributed by atoms with Gasteiger partial charge in [0.15, 0.2) is 11.9 Å². The van der Waals surface area contributed by atoms with Crippen molar-refractivity contribution in [1.82, 2.24) is 5.32 Å². The SMILES string of the molecule is NC(=O)N[C@@H]1C(=O)c2ccccc2O[C@H]1c1ccccc1. The minimum absolute atomic E-state index is 0.204. The van der Waals surface area contributed by atoms with Gasteiger partial charge in [-0.25, -0.2) is 4.79 Å². The number of ether oxygens (including phenoxy) is 1. The number of ketones is 1. The molecule has 0 bridgehead atoms. The standard InChI is InChI=1S/C16H14N2O3/c17-16(20)18-13-14(19)11-8-4-5-9-12(11)21-15(13)10-6-2-1-3-7-10/h1-9,13,15H,(H3,17,18,20)/t13-,15+/m1/s1. The van der Waals surface area contributed by atoms with Crippen LogP contribution in [0.3, 0.4) is 0 Å². The number of carbonyl (C=O) groups excluding carboxylic acids is 2. The van der Waals surface area contributed by atoms with Crippen molar-refractivity contribution >= 4 is 11.8 Å². The van der Waals surface area contributed by atoms with Gasteiger partial charge in [-0.3, -0.25) is 4.79 Å². The Morgan fingerprint density at radius 1 is 1.05 bits per heavy atom. The highest BCUT2D eigenvalue weighted by Gasteiger charge is 2.38. The molecule has 3 N–H and O–H groups in total. The normalized spacial score (nSPS) is 20.3. The number of para-hydroxylation sites is 1. The van der Waals surface area contributed by atoms with Crippen LogP contribution in [0.15, 0.2) is 54.6 Å². The van der Waals surface area contributed by atoms with Gasteiger partial charge >= 0.3 is 6.03 Å². The van der Waals surface area contributed by atoms with Crippen molar-refractivity contribution < 1.29 is 14.3 Å². The Morgan fingerprint density at radius 3 is 2.43 bits per heavy atom. The third-order valence-electron chi connectivity index (χ3n) is 3.42. The minimum Gasteiger partial charge on any atom is -0.482 e. The molecule has 1 aliphatic rings. The number of rotatable bonds is 2. The zero-order valence-electron chi connectivity index (χ0n) is 11.2. The molecule has 0 aromatic heterocycles. The van der Waals surface area contributed by atoms with E-state index >= 15 is 0 Å². The highest BCUT2D eigenvalue weighted by molar-refractivity contribution is 6.05. The van der Waals surface area contributed by atoms with Crippen LogP contribution in [-0.4, -0.2) is 17.9 Å². The summed E-state index contributed by atoms with van der Waals surface area (Å²) in [5.41, 5.74) is 6.44. The summed E-state index contributed by atoms with van der Waals surface area (Å²) in [5, 5.41) is 2.49. The Labute approximate surface area is 121 Å². The van der Waals surface area contributed by atoms with Crippen molar-refractivity contribution in [3.8, 4) is 5.75 Å². The molecule has 21 heavy (non-hydrogen) atoms. The molecule has 5 heteroatoms. The van der Waals surface area contributed by atoms with Gasteiger partial charge in [0.2, 0.25) is 0 Å². The van der Waals surface area contributed by atoms with Crippen LogP contribution in [0, 0.1) is 0 Å². The molecule has 1 heterocycles. The number of benzene rings is 2. The summed E-state index contributed by atoms with van der Waals surface area (Å²) < 4.78 is 5.91. The molecule has 5 nitrogen and oxygen atoms in total. The highest BCUT2D eigenvalue weighted by Crippen LogP contribution is 2.34. The van der Waals surface area contributed by atoms with Crippen molar-refractivity contribution in [2.24, 2.45) is 5.73 Å². The van der Waals surface area contributed by atoms with Gasteiger partial charge in [-0.15, -0.1) is 0 Å². The number of carbonyl (C=O) groups is 2. The summed E-state index contributed by atoms with van der Waals surface area (Å²) in [4.78, 5) is 23.8. The summed E-state index contributed by atoms with van der Waals surface area (Å²) in [7, 11) is 0. The highest BCUT2D eigenvalue weighted by atomic mass is 16.5. The number of nitrogens with one attached hydrogen (secondary N) is 1. The van der Waals surface area contributed by atoms with E-state index in [0.29, 0.717) is 11.3 Å². The number of primary amides is 1. The molecule has 0 aliphatic carbocycles. The van der Waals surface area contributed by atoms with E-state index in [1.165, 1.54) is 0 Å². The lowest BCUT2D eigenvalue weighted by molar-refractivity contribution is 0.0748. The van der Waals surface area contributed by atoms with E-state index in [9.17, 15) is 9.59 Å². The fourth-order valence-electron chi connectivity index (χ4n) is 2.48. The summed E-state index contributed by atoms with van der Waals surface area (Å²) in [6, 6.07) is 14.7. The van der Waals surface area contributed by atoms with Crippen LogP contribution in [0.1, 0.15) is 22.0 Å². The van der Waals surface area contributed by atoms with Gasteiger partial charge in [0.25, 0.3) is 0 Å². The maximum Gasteiger partial charge on any atom is 0.312 e. The van der Waals surface area contributed by atoms with Crippen LogP contribution in [0.5, 0.6) is 5.75 Å². The number of fused-ring (bicyclic) bond motifs is 1. The lowest BCUT2D eigenvalue weighted by Crippen LogP contribution is -2.50. The van der Waals surface area contributed by atoms with Crippen LogP contribution in [-0.2, 0) is 0 Å². The number of hydrogen-bond donors (Lipinski definition) is 2. The molecule has 2 amide bonds. The first-order chi connectivity index (χ1) is 10.2. The fourth-order valence-corrected chi connectivity index (χ4v) is 2.48. The van der Waals surface area contributed by atoms with Gasteiger partial charge in [0.1, 0.15) is 11.8 Å². The molecule has 1 aliphatic heterocycles. The minimum atomic E-state index is -0.834. The van der Waals surface area contributed by atoms with Gasteiger partial charge in [-0.05, 0) is 17.7 Å². The average molecular weight is 282 g/mol. The first-order valence-corrected chi connectivity index (χ1v) is 6.57. The predicted molar refractivity (Wildman–Crippen MR) is 77.1 cm³/mol. The molecule has 0 fully saturated rings. The molecule has 0 unspecified atom stereocenters. The van der Waals surface area contributed by atoms with Gasteiger partial charge in [0.05, 0.1) is 5.56 Å². The van der Waals surface area contributed by atoms with Crippen molar-refractivity contribution in [2.45, 2.75) is 12.1 Å². The van der Waals surface area contributed by atoms with Crippen molar-refractivity contribution in [3.05, 3.63) is 65.7 Å². The molecule has 2 atom stereocenters. The molecule has 3 rings (SSSR count). The molecule has 2 aromatic carbocycles. The van der Waals surface area contributed by atoms with Gasteiger partial charge in [-0.2, -0.15) is 0 Å². The smallest absolute Gasteiger partial charge is 0.312 e. The number of urea groups is 1.